The van der Waals surface area contributed by atoms with Crippen LogP contribution in [-0.4, -0.2) is 96.4 Å². The van der Waals surface area contributed by atoms with Gasteiger partial charge in [0.05, 0.1) is 57.4 Å². The summed E-state index contributed by atoms with van der Waals surface area (Å²) in [6.45, 7) is 8.04. The predicted octanol–water partition coefficient (Wildman–Crippen LogP) is 6.72. The number of ether oxygens (including phenoxy) is 1. The molecule has 0 saturated carbocycles. The lowest BCUT2D eigenvalue weighted by atomic mass is 9.94. The lowest BCUT2D eigenvalue weighted by Crippen LogP contribution is -2.43. The third-order valence-corrected chi connectivity index (χ3v) is 13.8. The minimum atomic E-state index is -0.566. The quantitative estimate of drug-likeness (QED) is 0.123. The van der Waals surface area contributed by atoms with Crippen LogP contribution in [0.4, 0.5) is 17.1 Å². The number of carbonyl (C=O) groups is 1. The van der Waals surface area contributed by atoms with Crippen molar-refractivity contribution < 1.29 is 19.1 Å². The first-order valence-electron chi connectivity index (χ1n) is 21.5. The normalized spacial score (nSPS) is 19.6. The van der Waals surface area contributed by atoms with Crippen molar-refractivity contribution >= 4 is 67.3 Å². The molecule has 1 atom stereocenters. The Morgan fingerprint density at radius 3 is 2.55 bits per heavy atom. The second-order valence-corrected chi connectivity index (χ2v) is 17.6. The first kappa shape index (κ1) is 39.8. The Kier molecular flexibility index (Phi) is 11.9. The largest absolute Gasteiger partial charge is 0.496 e. The van der Waals surface area contributed by atoms with Crippen molar-refractivity contribution in [2.45, 2.75) is 76.4 Å². The van der Waals surface area contributed by atoms with Crippen LogP contribution in [0.15, 0.2) is 71.6 Å². The average molecular weight is 828 g/mol. The van der Waals surface area contributed by atoms with E-state index in [0.717, 1.165) is 94.8 Å². The average Bonchev–Trinajstić information content (AvgIpc) is 3.96. The smallest absolute Gasteiger partial charge is 0.255 e. The number of methoxy groups -OCH3 is 1. The highest BCUT2D eigenvalue weighted by Gasteiger charge is 2.29. The molecular weight excluding hydrogens is 775 g/mol. The molecule has 60 heavy (non-hydrogen) atoms. The Balaban J connectivity index is 0.787. The van der Waals surface area contributed by atoms with E-state index in [0.29, 0.717) is 36.1 Å². The lowest BCUT2D eigenvalue weighted by molar-refractivity contribution is 0.0936. The van der Waals surface area contributed by atoms with Crippen molar-refractivity contribution in [1.29, 1.82) is 0 Å². The highest BCUT2D eigenvalue weighted by molar-refractivity contribution is 7.16. The fraction of sp³-hybridized carbons (Fsp3) is 0.457. The maximum Gasteiger partial charge on any atom is 0.255 e. The third-order valence-electron chi connectivity index (χ3n) is 13.0. The van der Waals surface area contributed by atoms with E-state index < -0.39 is 6.04 Å². The van der Waals surface area contributed by atoms with Crippen molar-refractivity contribution in [3.63, 3.8) is 0 Å². The van der Waals surface area contributed by atoms with Crippen molar-refractivity contribution in [2.24, 2.45) is 5.92 Å². The molecule has 0 spiro atoms. The molecule has 9 rings (SSSR count). The Labute approximate surface area is 354 Å². The van der Waals surface area contributed by atoms with Gasteiger partial charge in [0.25, 0.3) is 5.91 Å². The van der Waals surface area contributed by atoms with Crippen molar-refractivity contribution in [1.82, 2.24) is 30.3 Å². The standard InChI is InChI=1S/C46H53N9O4S/c1-59-43-23-36(9-10-37(43)46(58)50-38-11-8-34(28-56)49-41(38)29-57)53-20-12-31(13-21-53)26-52-18-14-35(15-19-52)55-27-33-22-40(42(24-39(33)51-55)54-16-3-2-4-17-54)47-25-32-6-5-7-44-45(32)48-30-60-44/h5-7,9-10,22-24,27,30-31,35,38,47,49H,2-4,8,11-21,25-26H2,1H3,(H,50,58)/t38-/m0/s1. The molecule has 4 aliphatic rings. The first-order chi connectivity index (χ1) is 29.5. The topological polar surface area (TPSA) is 137 Å². The number of likely N-dealkylation sites (tertiary alicyclic amines) is 1. The molecule has 5 aromatic rings. The number of amides is 1. The molecule has 4 saturated heterocycles. The van der Waals surface area contributed by atoms with Gasteiger partial charge in [0.15, 0.2) is 0 Å². The molecule has 4 aliphatic heterocycles. The molecule has 14 heteroatoms. The van der Waals surface area contributed by atoms with Crippen LogP contribution in [0.1, 0.15) is 79.8 Å². The van der Waals surface area contributed by atoms with Crippen LogP contribution in [0.25, 0.3) is 21.1 Å². The number of nitrogens with one attached hydrogen (secondary N) is 3. The highest BCUT2D eigenvalue weighted by atomic mass is 32.1. The molecule has 0 bridgehead atoms. The van der Waals surface area contributed by atoms with Gasteiger partial charge in [0.2, 0.25) is 0 Å². The predicted molar refractivity (Wildman–Crippen MR) is 237 cm³/mol. The zero-order valence-corrected chi connectivity index (χ0v) is 35.1. The first-order valence-corrected chi connectivity index (χ1v) is 22.4. The van der Waals surface area contributed by atoms with Gasteiger partial charge in [-0.15, -0.1) is 11.3 Å². The van der Waals surface area contributed by atoms with Gasteiger partial charge in [-0.05, 0) is 93.2 Å². The van der Waals surface area contributed by atoms with E-state index in [4.69, 9.17) is 9.84 Å². The number of carbonyl (C=O) groups excluding carboxylic acids is 3. The number of hydrogen-bond acceptors (Lipinski definition) is 12. The van der Waals surface area contributed by atoms with E-state index in [-0.39, 0.29) is 17.3 Å². The summed E-state index contributed by atoms with van der Waals surface area (Å²) in [5.74, 6) is 4.37. The third kappa shape index (κ3) is 8.51. The molecule has 312 valence electrons. The highest BCUT2D eigenvalue weighted by Crippen LogP contribution is 2.36. The fourth-order valence-corrected chi connectivity index (χ4v) is 10.3. The van der Waals surface area contributed by atoms with Gasteiger partial charge in [0, 0.05) is 82.1 Å². The second kappa shape index (κ2) is 17.9. The van der Waals surface area contributed by atoms with Crippen LogP contribution in [0.5, 0.6) is 5.75 Å². The number of hydrogen-bond donors (Lipinski definition) is 3. The van der Waals surface area contributed by atoms with Gasteiger partial charge in [-0.25, -0.2) is 14.6 Å². The maximum atomic E-state index is 13.3. The van der Waals surface area contributed by atoms with Crippen LogP contribution in [0.3, 0.4) is 0 Å². The summed E-state index contributed by atoms with van der Waals surface area (Å²) in [7, 11) is 1.56. The molecule has 0 radical (unpaired) electrons. The molecule has 1 amide bonds. The number of rotatable bonds is 11. The van der Waals surface area contributed by atoms with E-state index in [2.05, 4.69) is 76.8 Å². The van der Waals surface area contributed by atoms with E-state index >= 15 is 0 Å². The Morgan fingerprint density at radius 2 is 1.77 bits per heavy atom. The Morgan fingerprint density at radius 1 is 0.933 bits per heavy atom. The van der Waals surface area contributed by atoms with Gasteiger partial charge in [-0.3, -0.25) is 9.48 Å². The molecule has 4 fully saturated rings. The van der Waals surface area contributed by atoms with Crippen LogP contribution < -0.4 is 30.5 Å². The number of piperidine rings is 4. The SMILES string of the molecule is COc1cc(N2CCC(CN3CCC(n4cc5cc(NCc6cccc7scnc67)c(N6CCCCC6)cc5n4)CC3)CC2)ccc1C(=O)N[C@H]1CCC(=C=O)NC1=C=O. The van der Waals surface area contributed by atoms with E-state index in [1.54, 1.807) is 30.5 Å². The number of allylic oxidation sites excluding steroid dienone is 1. The molecule has 0 aliphatic carbocycles. The second-order valence-electron chi connectivity index (χ2n) is 16.7. The van der Waals surface area contributed by atoms with Gasteiger partial charge in [0.1, 0.15) is 29.0 Å². The van der Waals surface area contributed by atoms with E-state index in [1.807, 2.05) is 23.6 Å². The molecule has 0 unspecified atom stereocenters. The summed E-state index contributed by atoms with van der Waals surface area (Å²) in [5, 5.41) is 15.8. The van der Waals surface area contributed by atoms with Gasteiger partial charge >= 0.3 is 0 Å². The zero-order valence-electron chi connectivity index (χ0n) is 34.3. The summed E-state index contributed by atoms with van der Waals surface area (Å²) in [5.41, 5.74) is 9.59. The summed E-state index contributed by atoms with van der Waals surface area (Å²) in [6.07, 6.45) is 11.2. The zero-order chi connectivity index (χ0) is 41.0. The number of nitrogens with zero attached hydrogens (tertiary/aromatic N) is 6. The van der Waals surface area contributed by atoms with Gasteiger partial charge < -0.3 is 35.4 Å². The summed E-state index contributed by atoms with van der Waals surface area (Å²) in [4.78, 5) is 48.0. The van der Waals surface area contributed by atoms with Crippen molar-refractivity contribution in [3.05, 3.63) is 82.8 Å². The monoisotopic (exact) mass is 827 g/mol. The number of anilines is 3. The van der Waals surface area contributed by atoms with Crippen LogP contribution in [0, 0.1) is 5.92 Å². The molecule has 13 nitrogen and oxygen atoms in total. The number of benzene rings is 3. The van der Waals surface area contributed by atoms with E-state index in [9.17, 15) is 14.4 Å². The van der Waals surface area contributed by atoms with Crippen LogP contribution in [-0.2, 0) is 16.1 Å². The molecule has 2 aromatic heterocycles. The van der Waals surface area contributed by atoms with Gasteiger partial charge in [-0.2, -0.15) is 5.10 Å². The number of fused-ring (bicyclic) bond motifs is 2. The fourth-order valence-electron chi connectivity index (χ4n) is 9.55. The lowest BCUT2D eigenvalue weighted by Gasteiger charge is -2.38. The van der Waals surface area contributed by atoms with E-state index in [1.165, 1.54) is 46.3 Å². The molecular formula is C46H53N9O4S. The summed E-state index contributed by atoms with van der Waals surface area (Å²) < 4.78 is 9.14. The molecule has 3 aromatic carbocycles. The van der Waals surface area contributed by atoms with Crippen molar-refractivity contribution in [2.75, 3.05) is 68.0 Å². The molecule has 6 heterocycles. The number of thiazole rings is 1. The Hall–Kier alpha value is -5.65. The number of aromatic nitrogens is 3. The minimum Gasteiger partial charge on any atom is -0.496 e. The van der Waals surface area contributed by atoms with Crippen LogP contribution in [0.2, 0.25) is 0 Å². The summed E-state index contributed by atoms with van der Waals surface area (Å²) >= 11 is 1.69. The van der Waals surface area contributed by atoms with Crippen LogP contribution >= 0.6 is 11.3 Å². The van der Waals surface area contributed by atoms with Gasteiger partial charge in [-0.1, -0.05) is 12.1 Å². The van der Waals surface area contributed by atoms with Crippen molar-refractivity contribution in [3.8, 4) is 5.75 Å². The maximum absolute atomic E-state index is 13.3. The molecule has 3 N–H and O–H groups in total. The minimum absolute atomic E-state index is 0.129. The number of para-hydroxylation sites is 1. The Bertz CT molecular complexity index is 2450. The summed E-state index contributed by atoms with van der Waals surface area (Å²) in [6, 6.07) is 16.6.